The van der Waals surface area contributed by atoms with Gasteiger partial charge in [-0.3, -0.25) is 14.4 Å². The average Bonchev–Trinajstić information content (AvgIpc) is 2.65. The normalized spacial score (nSPS) is 44.8. The Balaban J connectivity index is 2.17. The fourth-order valence-electron chi connectivity index (χ4n) is 8.13. The first-order chi connectivity index (χ1) is 14.2. The van der Waals surface area contributed by atoms with E-state index in [-0.39, 0.29) is 23.2 Å². The van der Waals surface area contributed by atoms with Crippen molar-refractivity contribution in [2.24, 2.45) is 51.8 Å². The number of allylic oxidation sites excluding steroid dienone is 1. The van der Waals surface area contributed by atoms with Crippen LogP contribution in [0.5, 0.6) is 0 Å². The molecule has 3 fully saturated rings. The third-order valence-electron chi connectivity index (χ3n) is 9.79. The van der Waals surface area contributed by atoms with Gasteiger partial charge in [0.15, 0.2) is 0 Å². The van der Waals surface area contributed by atoms with Crippen LogP contribution >= 0.6 is 0 Å². The molecule has 174 valence electrons. The highest BCUT2D eigenvalue weighted by atomic mass is 16.4. The first-order valence-electron chi connectivity index (χ1n) is 11.6. The van der Waals surface area contributed by atoms with Gasteiger partial charge >= 0.3 is 17.9 Å². The number of hydrogen-bond donors (Lipinski definition) is 3. The van der Waals surface area contributed by atoms with Gasteiger partial charge in [0.1, 0.15) is 0 Å². The lowest BCUT2D eigenvalue weighted by Crippen LogP contribution is -2.64. The van der Waals surface area contributed by atoms with Gasteiger partial charge in [-0.15, -0.1) is 0 Å². The quantitative estimate of drug-likeness (QED) is 0.529. The van der Waals surface area contributed by atoms with Gasteiger partial charge < -0.3 is 15.3 Å². The predicted molar refractivity (Wildman–Crippen MR) is 116 cm³/mol. The number of carboxylic acid groups (broad SMARTS) is 3. The van der Waals surface area contributed by atoms with Gasteiger partial charge in [0, 0.05) is 0 Å². The zero-order valence-corrected chi connectivity index (χ0v) is 19.5. The highest BCUT2D eigenvalue weighted by Crippen LogP contribution is 2.70. The van der Waals surface area contributed by atoms with Crippen LogP contribution in [0, 0.1) is 51.8 Å². The van der Waals surface area contributed by atoms with E-state index >= 15 is 0 Å². The first-order valence-corrected chi connectivity index (χ1v) is 11.6. The zero-order valence-electron chi connectivity index (χ0n) is 19.5. The van der Waals surface area contributed by atoms with Crippen molar-refractivity contribution >= 4 is 17.9 Å². The number of hydrogen-bond acceptors (Lipinski definition) is 3. The van der Waals surface area contributed by atoms with Crippen molar-refractivity contribution in [3.8, 4) is 0 Å². The molecule has 3 saturated carbocycles. The Morgan fingerprint density at radius 1 is 0.903 bits per heavy atom. The molecule has 0 heterocycles. The van der Waals surface area contributed by atoms with Crippen LogP contribution in [0.25, 0.3) is 0 Å². The second-order valence-electron chi connectivity index (χ2n) is 11.5. The van der Waals surface area contributed by atoms with E-state index in [1.165, 1.54) is 0 Å². The van der Waals surface area contributed by atoms with Crippen LogP contribution in [0.4, 0.5) is 0 Å². The van der Waals surface area contributed by atoms with E-state index in [9.17, 15) is 29.7 Å². The molecule has 3 N–H and O–H groups in total. The maximum atomic E-state index is 12.6. The molecule has 6 nitrogen and oxygen atoms in total. The molecule has 8 unspecified atom stereocenters. The molecule has 31 heavy (non-hydrogen) atoms. The maximum Gasteiger partial charge on any atom is 0.309 e. The summed E-state index contributed by atoms with van der Waals surface area (Å²) in [5.41, 5.74) is -1.07. The number of aliphatic carboxylic acids is 3. The molecule has 0 aromatic carbocycles. The summed E-state index contributed by atoms with van der Waals surface area (Å²) in [5.74, 6) is -5.40. The van der Waals surface area contributed by atoms with Crippen LogP contribution in [-0.4, -0.2) is 33.2 Å². The largest absolute Gasteiger partial charge is 0.481 e. The van der Waals surface area contributed by atoms with Crippen LogP contribution in [0.2, 0.25) is 0 Å². The van der Waals surface area contributed by atoms with E-state index in [1.807, 2.05) is 27.7 Å². The standard InChI is InChI=1S/C25H38O6/c1-13(2)14(3)15-12-17-23(4)9-7-10-25(6,22(30)31)16(23)8-11-24(17,5)19(21(28)29)18(15)20(26)27/h13,15-19H,3,7-12H2,1-2,4-6H3,(H,26,27)(H,28,29)(H,30,31). The molecule has 0 radical (unpaired) electrons. The summed E-state index contributed by atoms with van der Waals surface area (Å²) in [4.78, 5) is 37.3. The smallest absolute Gasteiger partial charge is 0.309 e. The Morgan fingerprint density at radius 2 is 1.52 bits per heavy atom. The predicted octanol–water partition coefficient (Wildman–Crippen LogP) is 4.93. The Labute approximate surface area is 185 Å². The molecule has 0 aliphatic heterocycles. The Morgan fingerprint density at radius 3 is 2.00 bits per heavy atom. The molecule has 0 aromatic rings. The molecule has 0 aromatic heterocycles. The van der Waals surface area contributed by atoms with Gasteiger partial charge in [-0.05, 0) is 73.5 Å². The molecule has 0 amide bonds. The molecule has 3 rings (SSSR count). The van der Waals surface area contributed by atoms with E-state index in [2.05, 4.69) is 13.5 Å². The van der Waals surface area contributed by atoms with Gasteiger partial charge in [-0.25, -0.2) is 0 Å². The lowest BCUT2D eigenvalue weighted by molar-refractivity contribution is -0.209. The molecular weight excluding hydrogens is 396 g/mol. The highest BCUT2D eigenvalue weighted by molar-refractivity contribution is 5.82. The van der Waals surface area contributed by atoms with Crippen molar-refractivity contribution in [1.82, 2.24) is 0 Å². The van der Waals surface area contributed by atoms with Crippen molar-refractivity contribution in [2.45, 2.75) is 73.1 Å². The van der Waals surface area contributed by atoms with Crippen molar-refractivity contribution in [3.05, 3.63) is 12.2 Å². The molecular formula is C25H38O6. The first kappa shape index (κ1) is 23.8. The summed E-state index contributed by atoms with van der Waals surface area (Å²) in [6, 6.07) is 0. The molecule has 6 heteroatoms. The SMILES string of the molecule is C=C(C(C)C)C1CC2C(C)(CCC3C(C)(C(=O)O)CCCC32C)C(C(=O)O)C1C(=O)O. The van der Waals surface area contributed by atoms with Crippen molar-refractivity contribution in [1.29, 1.82) is 0 Å². The van der Waals surface area contributed by atoms with Crippen LogP contribution in [0.1, 0.15) is 73.1 Å². The molecule has 0 bridgehead atoms. The minimum atomic E-state index is -1.06. The van der Waals surface area contributed by atoms with E-state index in [0.29, 0.717) is 25.7 Å². The average molecular weight is 435 g/mol. The van der Waals surface area contributed by atoms with Crippen LogP contribution in [-0.2, 0) is 14.4 Å². The van der Waals surface area contributed by atoms with E-state index < -0.39 is 46.5 Å². The second kappa shape index (κ2) is 7.63. The molecule has 0 spiro atoms. The number of carboxylic acids is 3. The zero-order chi connectivity index (χ0) is 23.5. The Hall–Kier alpha value is -1.85. The monoisotopic (exact) mass is 434 g/mol. The summed E-state index contributed by atoms with van der Waals surface area (Å²) in [7, 11) is 0. The maximum absolute atomic E-state index is 12.6. The summed E-state index contributed by atoms with van der Waals surface area (Å²) in [5, 5.41) is 30.5. The fourth-order valence-corrected chi connectivity index (χ4v) is 8.13. The summed E-state index contributed by atoms with van der Waals surface area (Å²) in [6.45, 7) is 14.1. The second-order valence-corrected chi connectivity index (χ2v) is 11.5. The Kier molecular flexibility index (Phi) is 5.86. The number of fused-ring (bicyclic) bond motifs is 3. The van der Waals surface area contributed by atoms with Gasteiger partial charge in [-0.2, -0.15) is 0 Å². The van der Waals surface area contributed by atoms with E-state index in [0.717, 1.165) is 18.4 Å². The summed E-state index contributed by atoms with van der Waals surface area (Å²) < 4.78 is 0. The topological polar surface area (TPSA) is 112 Å². The molecule has 3 aliphatic carbocycles. The third kappa shape index (κ3) is 3.32. The van der Waals surface area contributed by atoms with E-state index in [4.69, 9.17) is 0 Å². The van der Waals surface area contributed by atoms with Gasteiger partial charge in [0.25, 0.3) is 0 Å². The summed E-state index contributed by atoms with van der Waals surface area (Å²) in [6.07, 6.45) is 4.01. The molecule has 0 saturated heterocycles. The number of carbonyl (C=O) groups is 3. The molecule has 8 atom stereocenters. The molecule has 3 aliphatic rings. The van der Waals surface area contributed by atoms with Crippen molar-refractivity contribution < 1.29 is 29.7 Å². The lowest BCUT2D eigenvalue weighted by atomic mass is 9.37. The fraction of sp³-hybridized carbons (Fsp3) is 0.800. The van der Waals surface area contributed by atoms with Crippen LogP contribution in [0.15, 0.2) is 12.2 Å². The summed E-state index contributed by atoms with van der Waals surface area (Å²) >= 11 is 0. The van der Waals surface area contributed by atoms with Gasteiger partial charge in [-0.1, -0.05) is 46.3 Å². The van der Waals surface area contributed by atoms with E-state index in [1.54, 1.807) is 0 Å². The third-order valence-corrected chi connectivity index (χ3v) is 9.79. The van der Waals surface area contributed by atoms with Gasteiger partial charge in [0.05, 0.1) is 17.3 Å². The number of rotatable bonds is 5. The minimum Gasteiger partial charge on any atom is -0.481 e. The van der Waals surface area contributed by atoms with Crippen LogP contribution < -0.4 is 0 Å². The van der Waals surface area contributed by atoms with Gasteiger partial charge in [0.2, 0.25) is 0 Å². The lowest BCUT2D eigenvalue weighted by Gasteiger charge is -2.66. The van der Waals surface area contributed by atoms with Crippen molar-refractivity contribution in [3.63, 3.8) is 0 Å². The van der Waals surface area contributed by atoms with Crippen molar-refractivity contribution in [2.75, 3.05) is 0 Å². The van der Waals surface area contributed by atoms with Crippen LogP contribution in [0.3, 0.4) is 0 Å². The minimum absolute atomic E-state index is 0.0480. The highest BCUT2D eigenvalue weighted by Gasteiger charge is 2.68. The Bertz CT molecular complexity index is 802.